The molecular formula is C24H30ClN5O3. The Morgan fingerprint density at radius 2 is 1.61 bits per heavy atom. The van der Waals surface area contributed by atoms with E-state index in [1.165, 1.54) is 13.5 Å². The molecule has 0 spiro atoms. The topological polar surface area (TPSA) is 80.5 Å². The summed E-state index contributed by atoms with van der Waals surface area (Å²) in [6, 6.07) is 8.59. The van der Waals surface area contributed by atoms with Gasteiger partial charge in [0.2, 0.25) is 0 Å². The molecule has 1 aromatic heterocycles. The highest BCUT2D eigenvalue weighted by Gasteiger charge is 2.21. The lowest BCUT2D eigenvalue weighted by Gasteiger charge is -2.31. The van der Waals surface area contributed by atoms with Crippen LogP contribution in [0.2, 0.25) is 5.02 Å². The number of piperidine rings is 1. The molecule has 0 unspecified atom stereocenters. The number of amides is 2. The number of ether oxygens (including phenoxy) is 1. The molecule has 2 aromatic carbocycles. The summed E-state index contributed by atoms with van der Waals surface area (Å²) in [4.78, 5) is 28.2. The van der Waals surface area contributed by atoms with Crippen molar-refractivity contribution in [1.82, 2.24) is 9.13 Å². The summed E-state index contributed by atoms with van der Waals surface area (Å²) in [5.74, 6) is 0.515. The van der Waals surface area contributed by atoms with Gasteiger partial charge in [0.25, 0.3) is 0 Å². The molecule has 1 saturated heterocycles. The number of aromatic nitrogens is 2. The van der Waals surface area contributed by atoms with E-state index in [1.54, 1.807) is 27.3 Å². The van der Waals surface area contributed by atoms with E-state index in [0.29, 0.717) is 35.2 Å². The van der Waals surface area contributed by atoms with Crippen LogP contribution in [-0.4, -0.2) is 35.4 Å². The van der Waals surface area contributed by atoms with Gasteiger partial charge in [0.05, 0.1) is 35.2 Å². The van der Waals surface area contributed by atoms with Crippen molar-refractivity contribution in [3.8, 4) is 5.75 Å². The van der Waals surface area contributed by atoms with Gasteiger partial charge >= 0.3 is 11.7 Å². The fourth-order valence-electron chi connectivity index (χ4n) is 4.51. The SMILES string of the molecule is CCn1c(=O)n(CC)c2cc(N3CCCCC3)c(NC(=O)Nc3cc(Cl)ccc3OC)cc21. The molecule has 8 nitrogen and oxygen atoms in total. The van der Waals surface area contributed by atoms with E-state index < -0.39 is 6.03 Å². The molecule has 0 saturated carbocycles. The Morgan fingerprint density at radius 3 is 2.24 bits per heavy atom. The van der Waals surface area contributed by atoms with Gasteiger partial charge in [0.1, 0.15) is 5.75 Å². The minimum atomic E-state index is -0.409. The summed E-state index contributed by atoms with van der Waals surface area (Å²) in [7, 11) is 1.54. The van der Waals surface area contributed by atoms with Crippen LogP contribution in [0.15, 0.2) is 35.1 Å². The lowest BCUT2D eigenvalue weighted by molar-refractivity contribution is 0.262. The second-order valence-electron chi connectivity index (χ2n) is 8.10. The minimum absolute atomic E-state index is 0.0372. The quantitative estimate of drug-likeness (QED) is 0.521. The number of aryl methyl sites for hydroxylation is 2. The second kappa shape index (κ2) is 9.79. The van der Waals surface area contributed by atoms with E-state index in [0.717, 1.165) is 42.7 Å². The maximum Gasteiger partial charge on any atom is 0.329 e. The molecule has 2 amide bonds. The van der Waals surface area contributed by atoms with Crippen LogP contribution in [0, 0.1) is 0 Å². The number of anilines is 3. The number of rotatable bonds is 6. The Balaban J connectivity index is 1.75. The number of benzene rings is 2. The number of methoxy groups -OCH3 is 1. The number of hydrogen-bond acceptors (Lipinski definition) is 4. The zero-order valence-electron chi connectivity index (χ0n) is 19.3. The molecule has 33 heavy (non-hydrogen) atoms. The van der Waals surface area contributed by atoms with Crippen molar-refractivity contribution in [2.24, 2.45) is 0 Å². The number of halogens is 1. The van der Waals surface area contributed by atoms with Gasteiger partial charge in [0, 0.05) is 31.2 Å². The highest BCUT2D eigenvalue weighted by Crippen LogP contribution is 2.34. The van der Waals surface area contributed by atoms with Gasteiger partial charge in [-0.2, -0.15) is 0 Å². The predicted molar refractivity (Wildman–Crippen MR) is 134 cm³/mol. The molecule has 2 heterocycles. The molecule has 0 aliphatic carbocycles. The van der Waals surface area contributed by atoms with Crippen molar-refractivity contribution in [3.63, 3.8) is 0 Å². The van der Waals surface area contributed by atoms with Crippen LogP contribution in [0.4, 0.5) is 21.9 Å². The first-order chi connectivity index (χ1) is 16.0. The maximum atomic E-state index is 13.0. The van der Waals surface area contributed by atoms with E-state index in [1.807, 2.05) is 26.0 Å². The zero-order chi connectivity index (χ0) is 23.5. The summed E-state index contributed by atoms with van der Waals surface area (Å²) in [6.45, 7) is 6.88. The number of nitrogens with zero attached hydrogens (tertiary/aromatic N) is 3. The van der Waals surface area contributed by atoms with Crippen LogP contribution < -0.4 is 26.0 Å². The normalized spacial score (nSPS) is 13.9. The fourth-order valence-corrected chi connectivity index (χ4v) is 4.68. The van der Waals surface area contributed by atoms with Crippen LogP contribution in [0.25, 0.3) is 11.0 Å². The summed E-state index contributed by atoms with van der Waals surface area (Å²) in [5.41, 5.74) is 3.72. The van der Waals surface area contributed by atoms with Crippen molar-refractivity contribution in [1.29, 1.82) is 0 Å². The third-order valence-electron chi connectivity index (χ3n) is 6.12. The number of urea groups is 1. The van der Waals surface area contributed by atoms with Crippen LogP contribution in [0.3, 0.4) is 0 Å². The standard InChI is InChI=1S/C24H30ClN5O3/c1-4-29-20-14-17(26-23(31)27-18-13-16(25)9-10-22(18)33-3)19(28-11-7-6-8-12-28)15-21(20)30(5-2)24(29)32/h9-10,13-15H,4-8,11-12H2,1-3H3,(H2,26,27,31). The molecule has 9 heteroatoms. The average molecular weight is 472 g/mol. The molecule has 176 valence electrons. The highest BCUT2D eigenvalue weighted by atomic mass is 35.5. The van der Waals surface area contributed by atoms with Gasteiger partial charge in [-0.1, -0.05) is 11.6 Å². The zero-order valence-corrected chi connectivity index (χ0v) is 20.0. The highest BCUT2D eigenvalue weighted by molar-refractivity contribution is 6.31. The van der Waals surface area contributed by atoms with Crippen molar-refractivity contribution in [3.05, 3.63) is 45.8 Å². The van der Waals surface area contributed by atoms with Gasteiger partial charge in [-0.25, -0.2) is 9.59 Å². The molecule has 0 radical (unpaired) electrons. The van der Waals surface area contributed by atoms with Crippen molar-refractivity contribution in [2.75, 3.05) is 35.7 Å². The van der Waals surface area contributed by atoms with E-state index in [-0.39, 0.29) is 5.69 Å². The lowest BCUT2D eigenvalue weighted by Crippen LogP contribution is -2.31. The van der Waals surface area contributed by atoms with Gasteiger partial charge in [-0.05, 0) is 63.4 Å². The Hall–Kier alpha value is -3.13. The number of imidazole rings is 1. The number of carbonyl (C=O) groups is 1. The van der Waals surface area contributed by atoms with Gasteiger partial charge < -0.3 is 20.3 Å². The number of carbonyl (C=O) groups excluding carboxylic acids is 1. The molecule has 3 aromatic rings. The van der Waals surface area contributed by atoms with Gasteiger partial charge in [0.15, 0.2) is 0 Å². The van der Waals surface area contributed by atoms with E-state index in [2.05, 4.69) is 15.5 Å². The third kappa shape index (κ3) is 4.53. The van der Waals surface area contributed by atoms with Crippen molar-refractivity contribution < 1.29 is 9.53 Å². The maximum absolute atomic E-state index is 13.0. The molecule has 1 aliphatic rings. The Kier molecular flexibility index (Phi) is 6.83. The fraction of sp³-hybridized carbons (Fsp3) is 0.417. The lowest BCUT2D eigenvalue weighted by atomic mass is 10.1. The number of fused-ring (bicyclic) bond motifs is 1. The minimum Gasteiger partial charge on any atom is -0.495 e. The molecule has 0 atom stereocenters. The molecule has 0 bridgehead atoms. The van der Waals surface area contributed by atoms with Gasteiger partial charge in [-0.3, -0.25) is 9.13 Å². The van der Waals surface area contributed by atoms with Gasteiger partial charge in [-0.15, -0.1) is 0 Å². The molecule has 1 aliphatic heterocycles. The number of nitrogens with one attached hydrogen (secondary N) is 2. The Labute approximate surface area is 198 Å². The summed E-state index contributed by atoms with van der Waals surface area (Å²) in [6.07, 6.45) is 3.39. The largest absolute Gasteiger partial charge is 0.495 e. The summed E-state index contributed by atoms with van der Waals surface area (Å²) < 4.78 is 8.86. The first-order valence-electron chi connectivity index (χ1n) is 11.4. The Morgan fingerprint density at radius 1 is 0.970 bits per heavy atom. The van der Waals surface area contributed by atoms with Crippen LogP contribution in [0.5, 0.6) is 5.75 Å². The first-order valence-corrected chi connectivity index (χ1v) is 11.8. The van der Waals surface area contributed by atoms with Crippen molar-refractivity contribution >= 4 is 45.7 Å². The first kappa shape index (κ1) is 23.0. The summed E-state index contributed by atoms with van der Waals surface area (Å²) >= 11 is 6.11. The third-order valence-corrected chi connectivity index (χ3v) is 6.36. The van der Waals surface area contributed by atoms with Crippen LogP contribution in [0.1, 0.15) is 33.1 Å². The average Bonchev–Trinajstić information content (AvgIpc) is 3.08. The monoisotopic (exact) mass is 471 g/mol. The smallest absolute Gasteiger partial charge is 0.329 e. The van der Waals surface area contributed by atoms with E-state index >= 15 is 0 Å². The molecule has 4 rings (SSSR count). The second-order valence-corrected chi connectivity index (χ2v) is 8.54. The molecule has 1 fully saturated rings. The molecule has 2 N–H and O–H groups in total. The summed E-state index contributed by atoms with van der Waals surface area (Å²) in [5, 5.41) is 6.33. The van der Waals surface area contributed by atoms with E-state index in [4.69, 9.17) is 16.3 Å². The molecular weight excluding hydrogens is 442 g/mol. The number of hydrogen-bond donors (Lipinski definition) is 2. The van der Waals surface area contributed by atoms with E-state index in [9.17, 15) is 9.59 Å². The van der Waals surface area contributed by atoms with Crippen LogP contribution in [-0.2, 0) is 13.1 Å². The Bertz CT molecular complexity index is 1230. The van der Waals surface area contributed by atoms with Crippen LogP contribution >= 0.6 is 11.6 Å². The van der Waals surface area contributed by atoms with Crippen molar-refractivity contribution in [2.45, 2.75) is 46.2 Å². The predicted octanol–water partition coefficient (Wildman–Crippen LogP) is 5.14.